The average Bonchev–Trinajstić information content (AvgIpc) is 2.78. The standard InChI is InChI=1S/C22H4F6N6/c23-21(24,25)17-2-1-3-18(22(26,27)28)20(17)15(9-33)13-4-11(5-29)19(12(6-30)7-31)16(10-34)14(13)8-32/h1-4H/b15-13+. The highest BCUT2D eigenvalue weighted by Crippen LogP contribution is 2.41. The molecule has 0 unspecified atom stereocenters. The fourth-order valence-electron chi connectivity index (χ4n) is 3.14. The molecular weight excluding hydrogens is 462 g/mol. The Labute approximate surface area is 186 Å². The molecule has 2 aromatic carbocycles. The van der Waals surface area contributed by atoms with E-state index in [1.54, 1.807) is 0 Å². The quantitative estimate of drug-likeness (QED) is 0.591. The van der Waals surface area contributed by atoms with Gasteiger partial charge >= 0.3 is 12.4 Å². The van der Waals surface area contributed by atoms with Gasteiger partial charge < -0.3 is 0 Å². The molecule has 0 fully saturated rings. The molecule has 0 aliphatic carbocycles. The van der Waals surface area contributed by atoms with Crippen molar-refractivity contribution in [3.05, 3.63) is 68.1 Å². The van der Waals surface area contributed by atoms with E-state index in [4.69, 9.17) is 10.5 Å². The first kappa shape index (κ1) is 25.0. The van der Waals surface area contributed by atoms with E-state index in [1.807, 2.05) is 0 Å². The molecule has 12 heteroatoms. The van der Waals surface area contributed by atoms with Gasteiger partial charge in [0, 0.05) is 16.0 Å². The third-order valence-corrected chi connectivity index (χ3v) is 4.45. The Morgan fingerprint density at radius 2 is 1.18 bits per heavy atom. The molecule has 0 saturated heterocycles. The number of halogens is 6. The molecule has 0 bridgehead atoms. The van der Waals surface area contributed by atoms with Crippen LogP contribution in [0.4, 0.5) is 26.3 Å². The molecule has 0 spiro atoms. The van der Waals surface area contributed by atoms with Crippen molar-refractivity contribution in [3.63, 3.8) is 0 Å². The van der Waals surface area contributed by atoms with Crippen molar-refractivity contribution in [1.29, 1.82) is 31.6 Å². The summed E-state index contributed by atoms with van der Waals surface area (Å²) in [5.74, 6) is 0. The lowest BCUT2D eigenvalue weighted by molar-refractivity contribution is -0.143. The topological polar surface area (TPSA) is 143 Å². The Morgan fingerprint density at radius 3 is 1.53 bits per heavy atom. The molecule has 0 heterocycles. The van der Waals surface area contributed by atoms with Crippen LogP contribution in [0, 0.1) is 68.0 Å². The highest BCUT2D eigenvalue weighted by molar-refractivity contribution is 5.84. The molecule has 0 saturated carbocycles. The molecule has 0 atom stereocenters. The predicted molar refractivity (Wildman–Crippen MR) is 99.0 cm³/mol. The van der Waals surface area contributed by atoms with Crippen LogP contribution in [0.2, 0.25) is 0 Å². The lowest BCUT2D eigenvalue weighted by atomic mass is 9.89. The molecule has 34 heavy (non-hydrogen) atoms. The largest absolute Gasteiger partial charge is 0.417 e. The van der Waals surface area contributed by atoms with Crippen molar-refractivity contribution < 1.29 is 26.3 Å². The van der Waals surface area contributed by atoms with Gasteiger partial charge in [-0.2, -0.15) is 57.9 Å². The zero-order chi connectivity index (χ0) is 25.8. The van der Waals surface area contributed by atoms with Crippen molar-refractivity contribution in [2.45, 2.75) is 12.4 Å². The van der Waals surface area contributed by atoms with E-state index < -0.39 is 67.3 Å². The number of nitrogens with zero attached hydrogens (tertiary/aromatic N) is 6. The smallest absolute Gasteiger partial charge is 0.192 e. The highest BCUT2D eigenvalue weighted by atomic mass is 19.4. The predicted octanol–water partition coefficient (Wildman–Crippen LogP) is 3.26. The molecular formula is C22H4F6N6. The van der Waals surface area contributed by atoms with Gasteiger partial charge in [-0.05, 0) is 18.2 Å². The van der Waals surface area contributed by atoms with Crippen molar-refractivity contribution in [1.82, 2.24) is 0 Å². The van der Waals surface area contributed by atoms with Crippen molar-refractivity contribution >= 4 is 11.1 Å². The SMILES string of the molecule is N#CC(C#N)=c1c(C#N)c/c(=C(/C#N)c2c(C(F)(F)F)cccc2C(F)(F)F)c(C#N)c1C#N. The van der Waals surface area contributed by atoms with Gasteiger partial charge in [-0.3, -0.25) is 0 Å². The second-order valence-corrected chi connectivity index (χ2v) is 6.24. The highest BCUT2D eigenvalue weighted by Gasteiger charge is 2.42. The Balaban J connectivity index is 3.47. The van der Waals surface area contributed by atoms with E-state index in [-0.39, 0.29) is 0 Å². The van der Waals surface area contributed by atoms with Gasteiger partial charge in [0.05, 0.1) is 39.5 Å². The van der Waals surface area contributed by atoms with Crippen LogP contribution in [0.3, 0.4) is 0 Å². The van der Waals surface area contributed by atoms with Gasteiger partial charge in [-0.25, -0.2) is 0 Å². The number of hydrogen-bond acceptors (Lipinski definition) is 6. The van der Waals surface area contributed by atoms with Crippen LogP contribution in [-0.4, -0.2) is 0 Å². The van der Waals surface area contributed by atoms with Crippen LogP contribution in [0.15, 0.2) is 24.3 Å². The maximum absolute atomic E-state index is 13.6. The van der Waals surface area contributed by atoms with Gasteiger partial charge in [0.15, 0.2) is 0 Å². The summed E-state index contributed by atoms with van der Waals surface area (Å²) in [5.41, 5.74) is -9.79. The summed E-state index contributed by atoms with van der Waals surface area (Å²) in [6.07, 6.45) is -10.7. The molecule has 0 N–H and O–H groups in total. The molecule has 0 radical (unpaired) electrons. The zero-order valence-electron chi connectivity index (χ0n) is 16.3. The zero-order valence-corrected chi connectivity index (χ0v) is 16.3. The van der Waals surface area contributed by atoms with E-state index >= 15 is 0 Å². The second kappa shape index (κ2) is 9.05. The van der Waals surface area contributed by atoms with Gasteiger partial charge in [0.25, 0.3) is 0 Å². The Bertz CT molecular complexity index is 1540. The van der Waals surface area contributed by atoms with E-state index in [0.717, 1.165) is 0 Å². The number of alkyl halides is 6. The number of rotatable bonds is 1. The molecule has 0 amide bonds. The number of benzene rings is 2. The van der Waals surface area contributed by atoms with Crippen molar-refractivity contribution in [2.24, 2.45) is 0 Å². The monoisotopic (exact) mass is 466 g/mol. The maximum Gasteiger partial charge on any atom is 0.417 e. The molecule has 164 valence electrons. The minimum atomic E-state index is -5.36. The average molecular weight is 466 g/mol. The maximum atomic E-state index is 13.6. The Kier molecular flexibility index (Phi) is 6.65. The second-order valence-electron chi connectivity index (χ2n) is 6.24. The number of hydrogen-bond donors (Lipinski definition) is 0. The Hall–Kier alpha value is -5.30. The van der Waals surface area contributed by atoms with Crippen LogP contribution in [0.25, 0.3) is 11.1 Å². The third-order valence-electron chi connectivity index (χ3n) is 4.45. The lowest BCUT2D eigenvalue weighted by Gasteiger charge is -2.18. The molecule has 0 aromatic heterocycles. The van der Waals surface area contributed by atoms with Crippen LogP contribution < -0.4 is 10.4 Å². The molecule has 2 rings (SSSR count). The summed E-state index contributed by atoms with van der Waals surface area (Å²) in [6.45, 7) is 0. The lowest BCUT2D eigenvalue weighted by Crippen LogP contribution is -2.27. The molecule has 0 aliphatic heterocycles. The first-order chi connectivity index (χ1) is 15.9. The normalized spacial score (nSPS) is 11.5. The summed E-state index contributed by atoms with van der Waals surface area (Å²) < 4.78 is 81.8. The van der Waals surface area contributed by atoms with E-state index in [9.17, 15) is 47.4 Å². The fourth-order valence-corrected chi connectivity index (χ4v) is 3.14. The van der Waals surface area contributed by atoms with Crippen molar-refractivity contribution in [2.75, 3.05) is 0 Å². The van der Waals surface area contributed by atoms with E-state index in [2.05, 4.69) is 0 Å². The third kappa shape index (κ3) is 4.21. The van der Waals surface area contributed by atoms with Crippen LogP contribution >= 0.6 is 0 Å². The van der Waals surface area contributed by atoms with Gasteiger partial charge in [-0.15, -0.1) is 0 Å². The van der Waals surface area contributed by atoms with Crippen LogP contribution in [-0.2, 0) is 12.4 Å². The summed E-state index contributed by atoms with van der Waals surface area (Å²) >= 11 is 0. The molecule has 6 nitrogen and oxygen atoms in total. The minimum Gasteiger partial charge on any atom is -0.192 e. The van der Waals surface area contributed by atoms with Gasteiger partial charge in [0.1, 0.15) is 35.9 Å². The first-order valence-electron chi connectivity index (χ1n) is 8.55. The van der Waals surface area contributed by atoms with Crippen molar-refractivity contribution in [3.8, 4) is 36.4 Å². The number of nitriles is 6. The summed E-state index contributed by atoms with van der Waals surface area (Å²) in [5, 5.41) is 54.9. The summed E-state index contributed by atoms with van der Waals surface area (Å²) in [7, 11) is 0. The minimum absolute atomic E-state index is 0.302. The molecule has 2 aromatic rings. The van der Waals surface area contributed by atoms with E-state index in [0.29, 0.717) is 24.3 Å². The van der Waals surface area contributed by atoms with Gasteiger partial charge in [0.2, 0.25) is 0 Å². The summed E-state index contributed by atoms with van der Waals surface area (Å²) in [4.78, 5) is 0. The van der Waals surface area contributed by atoms with Crippen LogP contribution in [0.5, 0.6) is 0 Å². The van der Waals surface area contributed by atoms with Gasteiger partial charge in [-0.1, -0.05) is 6.07 Å². The van der Waals surface area contributed by atoms with Crippen LogP contribution in [0.1, 0.15) is 33.4 Å². The first-order valence-corrected chi connectivity index (χ1v) is 8.55. The fraction of sp³-hybridized carbons (Fsp3) is 0.0909. The Morgan fingerprint density at radius 1 is 0.676 bits per heavy atom. The molecule has 0 aliphatic rings. The summed E-state index contributed by atoms with van der Waals surface area (Å²) in [6, 6.07) is 10.0. The van der Waals surface area contributed by atoms with E-state index in [1.165, 1.54) is 36.4 Å².